The maximum atomic E-state index is 6.00. The third-order valence-electron chi connectivity index (χ3n) is 2.61. The van der Waals surface area contributed by atoms with E-state index < -0.39 is 0 Å². The number of hydrogen-bond donors (Lipinski definition) is 1. The van der Waals surface area contributed by atoms with Crippen molar-refractivity contribution in [3.8, 4) is 11.5 Å². The standard InChI is InChI=1S/C15H25NO4/c1-3-8-19-13-6-4-7-14(15(13)16)20-12-11-18-10-5-9-17-2/h4,6-7H,3,5,8-12,16H2,1-2H3. The van der Waals surface area contributed by atoms with Crippen LogP contribution in [-0.2, 0) is 9.47 Å². The molecule has 0 bridgehead atoms. The Kier molecular flexibility index (Phi) is 8.58. The van der Waals surface area contributed by atoms with Crippen LogP contribution in [0.25, 0.3) is 0 Å². The molecule has 0 spiro atoms. The number of benzene rings is 1. The predicted octanol–water partition coefficient (Wildman–Crippen LogP) is 2.49. The van der Waals surface area contributed by atoms with Crippen molar-refractivity contribution in [2.24, 2.45) is 0 Å². The van der Waals surface area contributed by atoms with E-state index in [1.165, 1.54) is 0 Å². The Bertz CT molecular complexity index is 371. The van der Waals surface area contributed by atoms with Crippen molar-refractivity contribution >= 4 is 5.69 Å². The molecule has 5 nitrogen and oxygen atoms in total. The Balaban J connectivity index is 2.29. The number of methoxy groups -OCH3 is 1. The number of hydrogen-bond acceptors (Lipinski definition) is 5. The molecule has 0 unspecified atom stereocenters. The monoisotopic (exact) mass is 283 g/mol. The van der Waals surface area contributed by atoms with Gasteiger partial charge in [0.25, 0.3) is 0 Å². The number of anilines is 1. The molecule has 0 aliphatic rings. The molecule has 0 atom stereocenters. The Morgan fingerprint density at radius 1 is 0.950 bits per heavy atom. The van der Waals surface area contributed by atoms with Gasteiger partial charge in [-0.2, -0.15) is 0 Å². The fourth-order valence-electron chi connectivity index (χ4n) is 1.61. The molecule has 0 radical (unpaired) electrons. The van der Waals surface area contributed by atoms with Gasteiger partial charge < -0.3 is 24.7 Å². The minimum absolute atomic E-state index is 0.467. The summed E-state index contributed by atoms with van der Waals surface area (Å²) >= 11 is 0. The molecule has 114 valence electrons. The second-order valence-electron chi connectivity index (χ2n) is 4.32. The number of rotatable bonds is 11. The Hall–Kier alpha value is -1.46. The van der Waals surface area contributed by atoms with E-state index in [-0.39, 0.29) is 0 Å². The van der Waals surface area contributed by atoms with Crippen LogP contribution in [-0.4, -0.2) is 40.1 Å². The third-order valence-corrected chi connectivity index (χ3v) is 2.61. The third kappa shape index (κ3) is 6.12. The van der Waals surface area contributed by atoms with E-state index in [9.17, 15) is 0 Å². The number of nitrogens with two attached hydrogens (primary N) is 1. The summed E-state index contributed by atoms with van der Waals surface area (Å²) in [6, 6.07) is 5.55. The Labute approximate surface area is 121 Å². The van der Waals surface area contributed by atoms with Gasteiger partial charge in [-0.25, -0.2) is 0 Å². The van der Waals surface area contributed by atoms with Crippen molar-refractivity contribution in [1.82, 2.24) is 0 Å². The van der Waals surface area contributed by atoms with Crippen molar-refractivity contribution in [1.29, 1.82) is 0 Å². The van der Waals surface area contributed by atoms with Crippen LogP contribution in [0.15, 0.2) is 18.2 Å². The van der Waals surface area contributed by atoms with Crippen LogP contribution in [0.2, 0.25) is 0 Å². The molecule has 0 heterocycles. The summed E-state index contributed by atoms with van der Waals surface area (Å²) in [5.74, 6) is 1.31. The van der Waals surface area contributed by atoms with Gasteiger partial charge in [-0.1, -0.05) is 13.0 Å². The minimum atomic E-state index is 0.467. The summed E-state index contributed by atoms with van der Waals surface area (Å²) in [6.07, 6.45) is 1.83. The molecule has 0 aliphatic heterocycles. The zero-order valence-electron chi connectivity index (χ0n) is 12.4. The molecule has 0 aromatic heterocycles. The van der Waals surface area contributed by atoms with Crippen LogP contribution in [0.3, 0.4) is 0 Å². The van der Waals surface area contributed by atoms with Crippen molar-refractivity contribution in [3.63, 3.8) is 0 Å². The van der Waals surface area contributed by atoms with Gasteiger partial charge in [-0.15, -0.1) is 0 Å². The quantitative estimate of drug-likeness (QED) is 0.499. The lowest BCUT2D eigenvalue weighted by atomic mass is 10.2. The fourth-order valence-corrected chi connectivity index (χ4v) is 1.61. The highest BCUT2D eigenvalue weighted by atomic mass is 16.5. The first-order valence-electron chi connectivity index (χ1n) is 7.00. The first kappa shape index (κ1) is 16.6. The van der Waals surface area contributed by atoms with Crippen LogP contribution in [0.4, 0.5) is 5.69 Å². The van der Waals surface area contributed by atoms with Crippen LogP contribution >= 0.6 is 0 Å². The van der Waals surface area contributed by atoms with Gasteiger partial charge in [0.05, 0.1) is 13.2 Å². The van der Waals surface area contributed by atoms with Crippen molar-refractivity contribution in [3.05, 3.63) is 18.2 Å². The molecule has 1 rings (SSSR count). The Morgan fingerprint density at radius 2 is 1.65 bits per heavy atom. The predicted molar refractivity (Wildman–Crippen MR) is 79.4 cm³/mol. The van der Waals surface area contributed by atoms with Crippen molar-refractivity contribution < 1.29 is 18.9 Å². The molecule has 1 aromatic rings. The SMILES string of the molecule is CCCOc1cccc(OCCOCCCOC)c1N. The lowest BCUT2D eigenvalue weighted by Gasteiger charge is -2.13. The molecule has 1 aromatic carbocycles. The lowest BCUT2D eigenvalue weighted by Crippen LogP contribution is -2.10. The van der Waals surface area contributed by atoms with Gasteiger partial charge in [-0.3, -0.25) is 0 Å². The molecule has 2 N–H and O–H groups in total. The van der Waals surface area contributed by atoms with E-state index in [0.717, 1.165) is 12.8 Å². The first-order valence-corrected chi connectivity index (χ1v) is 7.00. The molecule has 0 saturated carbocycles. The summed E-state index contributed by atoms with van der Waals surface area (Å²) in [5, 5.41) is 0. The summed E-state index contributed by atoms with van der Waals surface area (Å²) in [4.78, 5) is 0. The van der Waals surface area contributed by atoms with Gasteiger partial charge in [0, 0.05) is 20.3 Å². The van der Waals surface area contributed by atoms with Crippen LogP contribution in [0.1, 0.15) is 19.8 Å². The molecule has 0 fully saturated rings. The first-order chi connectivity index (χ1) is 9.79. The van der Waals surface area contributed by atoms with Gasteiger partial charge in [0.15, 0.2) is 0 Å². The number of para-hydroxylation sites is 1. The minimum Gasteiger partial charge on any atom is -0.491 e. The summed E-state index contributed by atoms with van der Waals surface area (Å²) in [7, 11) is 1.68. The second-order valence-corrected chi connectivity index (χ2v) is 4.32. The van der Waals surface area contributed by atoms with Crippen molar-refractivity contribution in [2.45, 2.75) is 19.8 Å². The van der Waals surface area contributed by atoms with Gasteiger partial charge >= 0.3 is 0 Å². The summed E-state index contributed by atoms with van der Waals surface area (Å²) < 4.78 is 21.5. The molecule has 0 aliphatic carbocycles. The van der Waals surface area contributed by atoms with E-state index in [1.54, 1.807) is 7.11 Å². The van der Waals surface area contributed by atoms with Gasteiger partial charge in [-0.05, 0) is 25.0 Å². The molecule has 5 heteroatoms. The number of nitrogen functional groups attached to an aromatic ring is 1. The maximum Gasteiger partial charge on any atom is 0.146 e. The van der Waals surface area contributed by atoms with Crippen LogP contribution in [0, 0.1) is 0 Å². The average molecular weight is 283 g/mol. The summed E-state index contributed by atoms with van der Waals surface area (Å²) in [6.45, 7) is 5.09. The van der Waals surface area contributed by atoms with Crippen molar-refractivity contribution in [2.75, 3.05) is 45.9 Å². The molecule has 20 heavy (non-hydrogen) atoms. The molecular formula is C15H25NO4. The Morgan fingerprint density at radius 3 is 2.30 bits per heavy atom. The average Bonchev–Trinajstić information content (AvgIpc) is 2.46. The van der Waals surface area contributed by atoms with Gasteiger partial charge in [0.1, 0.15) is 23.8 Å². The molecule has 0 saturated heterocycles. The number of ether oxygens (including phenoxy) is 4. The highest BCUT2D eigenvalue weighted by molar-refractivity contribution is 5.62. The van der Waals surface area contributed by atoms with E-state index in [1.807, 2.05) is 18.2 Å². The van der Waals surface area contributed by atoms with Crippen LogP contribution in [0.5, 0.6) is 11.5 Å². The van der Waals surface area contributed by atoms with E-state index in [4.69, 9.17) is 24.7 Å². The van der Waals surface area contributed by atoms with Crippen LogP contribution < -0.4 is 15.2 Å². The summed E-state index contributed by atoms with van der Waals surface area (Å²) in [5.41, 5.74) is 6.54. The largest absolute Gasteiger partial charge is 0.491 e. The zero-order valence-corrected chi connectivity index (χ0v) is 12.4. The van der Waals surface area contributed by atoms with E-state index in [0.29, 0.717) is 50.2 Å². The highest BCUT2D eigenvalue weighted by Gasteiger charge is 2.06. The zero-order chi connectivity index (χ0) is 14.6. The maximum absolute atomic E-state index is 6.00. The smallest absolute Gasteiger partial charge is 0.146 e. The normalized spacial score (nSPS) is 10.5. The molecular weight excluding hydrogens is 258 g/mol. The topological polar surface area (TPSA) is 62.9 Å². The van der Waals surface area contributed by atoms with E-state index >= 15 is 0 Å². The van der Waals surface area contributed by atoms with Gasteiger partial charge in [0.2, 0.25) is 0 Å². The fraction of sp³-hybridized carbons (Fsp3) is 0.600. The van der Waals surface area contributed by atoms with E-state index in [2.05, 4.69) is 6.92 Å². The second kappa shape index (κ2) is 10.3. The highest BCUT2D eigenvalue weighted by Crippen LogP contribution is 2.31. The lowest BCUT2D eigenvalue weighted by molar-refractivity contribution is 0.0807. The molecule has 0 amide bonds.